The van der Waals surface area contributed by atoms with Crippen molar-refractivity contribution in [3.63, 3.8) is 0 Å². The van der Waals surface area contributed by atoms with Crippen molar-refractivity contribution in [2.45, 2.75) is 63.7 Å². The second-order valence-corrected chi connectivity index (χ2v) is 8.90. The number of amides is 3. The minimum Gasteiger partial charge on any atom is -0.480 e. The summed E-state index contributed by atoms with van der Waals surface area (Å²) in [5.74, 6) is -2.39. The fourth-order valence-corrected chi connectivity index (χ4v) is 3.30. The molecule has 0 aromatic heterocycles. The molecule has 10 nitrogen and oxygen atoms in total. The highest BCUT2D eigenvalue weighted by Gasteiger charge is 2.30. The summed E-state index contributed by atoms with van der Waals surface area (Å²) in [6.45, 7) is 3.79. The number of aliphatic carboxylic acids is 1. The normalized spacial score (nSPS) is 14.9. The van der Waals surface area contributed by atoms with Gasteiger partial charge in [0.2, 0.25) is 17.7 Å². The van der Waals surface area contributed by atoms with Crippen LogP contribution in [-0.2, 0) is 19.2 Å². The lowest BCUT2D eigenvalue weighted by molar-refractivity contribution is -0.143. The van der Waals surface area contributed by atoms with Gasteiger partial charge in [-0.05, 0) is 50.2 Å². The highest BCUT2D eigenvalue weighted by atomic mass is 32.2. The van der Waals surface area contributed by atoms with Crippen molar-refractivity contribution in [2.24, 2.45) is 17.4 Å². The molecule has 0 fully saturated rings. The van der Waals surface area contributed by atoms with E-state index in [1.807, 2.05) is 6.26 Å². The monoisotopic (exact) mass is 479 g/mol. The highest BCUT2D eigenvalue weighted by Crippen LogP contribution is 2.08. The molecule has 8 N–H and O–H groups in total. The maximum atomic E-state index is 12.9. The molecule has 0 spiro atoms. The van der Waals surface area contributed by atoms with Crippen molar-refractivity contribution in [1.29, 1.82) is 0 Å². The van der Waals surface area contributed by atoms with Gasteiger partial charge < -0.3 is 32.5 Å². The summed E-state index contributed by atoms with van der Waals surface area (Å²) in [6, 6.07) is -3.77. The molecule has 0 radical (unpaired) electrons. The Balaban J connectivity index is 5.40. The van der Waals surface area contributed by atoms with Gasteiger partial charge in [0.25, 0.3) is 0 Å². The fraction of sp³-hybridized carbons (Fsp3) is 0.789. The number of nitrogens with one attached hydrogen (secondary N) is 3. The molecule has 0 saturated carbocycles. The summed E-state index contributed by atoms with van der Waals surface area (Å²) in [7, 11) is 0. The van der Waals surface area contributed by atoms with Crippen molar-refractivity contribution in [2.75, 3.05) is 24.3 Å². The molecular weight excluding hydrogens is 442 g/mol. The van der Waals surface area contributed by atoms with Crippen LogP contribution >= 0.6 is 24.4 Å². The average molecular weight is 480 g/mol. The Morgan fingerprint density at radius 2 is 1.52 bits per heavy atom. The third-order valence-corrected chi connectivity index (χ3v) is 5.62. The molecule has 3 amide bonds. The van der Waals surface area contributed by atoms with Gasteiger partial charge in [-0.2, -0.15) is 24.4 Å². The lowest BCUT2D eigenvalue weighted by atomic mass is 10.0. The van der Waals surface area contributed by atoms with Crippen LogP contribution in [0.25, 0.3) is 0 Å². The van der Waals surface area contributed by atoms with E-state index in [2.05, 4.69) is 28.6 Å². The fourth-order valence-electron chi connectivity index (χ4n) is 2.67. The maximum Gasteiger partial charge on any atom is 0.326 e. The molecule has 4 unspecified atom stereocenters. The third-order valence-electron chi connectivity index (χ3n) is 4.59. The van der Waals surface area contributed by atoms with Gasteiger partial charge in [-0.1, -0.05) is 13.8 Å². The first-order valence-electron chi connectivity index (χ1n) is 10.3. The molecule has 0 rings (SSSR count). The number of rotatable bonds is 16. The zero-order valence-corrected chi connectivity index (χ0v) is 20.1. The number of nitrogens with two attached hydrogens (primary N) is 2. The van der Waals surface area contributed by atoms with E-state index in [4.69, 9.17) is 11.5 Å². The van der Waals surface area contributed by atoms with E-state index in [1.54, 1.807) is 13.8 Å². The van der Waals surface area contributed by atoms with Crippen molar-refractivity contribution < 1.29 is 24.3 Å². The number of unbranched alkanes of at least 4 members (excludes halogenated alkanes) is 1. The Morgan fingerprint density at radius 1 is 0.968 bits per heavy atom. The van der Waals surface area contributed by atoms with Gasteiger partial charge in [-0.3, -0.25) is 14.4 Å². The number of hydrogen-bond acceptors (Lipinski definition) is 8. The predicted octanol–water partition coefficient (Wildman–Crippen LogP) is -0.679. The quantitative estimate of drug-likeness (QED) is 0.112. The minimum absolute atomic E-state index is 0.124. The lowest BCUT2D eigenvalue weighted by Crippen LogP contribution is -2.57. The van der Waals surface area contributed by atoms with Gasteiger partial charge in [0, 0.05) is 5.75 Å². The number of carboxylic acid groups (broad SMARTS) is 1. The molecule has 0 aromatic carbocycles. The first-order chi connectivity index (χ1) is 14.6. The molecule has 0 aliphatic rings. The first kappa shape index (κ1) is 29.5. The zero-order valence-electron chi connectivity index (χ0n) is 18.4. The van der Waals surface area contributed by atoms with Crippen LogP contribution in [0.2, 0.25) is 0 Å². The van der Waals surface area contributed by atoms with Gasteiger partial charge in [-0.15, -0.1) is 0 Å². The summed E-state index contributed by atoms with van der Waals surface area (Å²) in [5.41, 5.74) is 11.2. The first-order valence-corrected chi connectivity index (χ1v) is 12.3. The van der Waals surface area contributed by atoms with E-state index in [-0.39, 0.29) is 11.7 Å². The maximum absolute atomic E-state index is 12.9. The van der Waals surface area contributed by atoms with Crippen LogP contribution in [0.1, 0.15) is 39.5 Å². The van der Waals surface area contributed by atoms with Gasteiger partial charge >= 0.3 is 5.97 Å². The average Bonchev–Trinajstić information content (AvgIpc) is 2.72. The van der Waals surface area contributed by atoms with Crippen LogP contribution in [-0.4, -0.2) is 77.3 Å². The van der Waals surface area contributed by atoms with Gasteiger partial charge in [-0.25, -0.2) is 4.79 Å². The smallest absolute Gasteiger partial charge is 0.326 e. The van der Waals surface area contributed by atoms with Gasteiger partial charge in [0.15, 0.2) is 0 Å². The Bertz CT molecular complexity index is 594. The molecule has 0 aliphatic carbocycles. The second kappa shape index (κ2) is 16.2. The van der Waals surface area contributed by atoms with E-state index in [0.29, 0.717) is 38.0 Å². The molecule has 0 saturated heterocycles. The molecule has 0 bridgehead atoms. The van der Waals surface area contributed by atoms with E-state index in [9.17, 15) is 24.3 Å². The molecule has 4 atom stereocenters. The summed E-state index contributed by atoms with van der Waals surface area (Å²) >= 11 is 5.50. The Kier molecular flexibility index (Phi) is 15.4. The van der Waals surface area contributed by atoms with Crippen LogP contribution in [0.15, 0.2) is 0 Å². The zero-order chi connectivity index (χ0) is 24.0. The van der Waals surface area contributed by atoms with Gasteiger partial charge in [0.1, 0.15) is 18.1 Å². The topological polar surface area (TPSA) is 177 Å². The van der Waals surface area contributed by atoms with Crippen LogP contribution < -0.4 is 27.4 Å². The Hall–Kier alpha value is -1.50. The molecule has 0 aromatic rings. The van der Waals surface area contributed by atoms with E-state index in [1.165, 1.54) is 11.8 Å². The van der Waals surface area contributed by atoms with E-state index in [0.717, 1.165) is 0 Å². The SMILES string of the molecule is CSCCC(NC(=O)C(N)CS)C(=O)NC(CCCCN)C(=O)NC(C(=O)O)C(C)C. The van der Waals surface area contributed by atoms with Crippen molar-refractivity contribution in [1.82, 2.24) is 16.0 Å². The number of thioether (sulfide) groups is 1. The number of thiol groups is 1. The van der Waals surface area contributed by atoms with Crippen molar-refractivity contribution >= 4 is 48.1 Å². The summed E-state index contributed by atoms with van der Waals surface area (Å²) in [5, 5.41) is 17.1. The predicted molar refractivity (Wildman–Crippen MR) is 126 cm³/mol. The summed E-state index contributed by atoms with van der Waals surface area (Å²) in [6.07, 6.45) is 3.73. The van der Waals surface area contributed by atoms with E-state index >= 15 is 0 Å². The standard InChI is InChI=1S/C19H37N5O5S2/c1-11(2)15(19(28)29)24-18(27)13(6-4-5-8-20)23-17(26)14(7-9-31-3)22-16(25)12(21)10-30/h11-15,30H,4-10,20-21H2,1-3H3,(H,22,25)(H,23,26)(H,24,27)(H,28,29). The molecule has 31 heavy (non-hydrogen) atoms. The molecule has 12 heteroatoms. The van der Waals surface area contributed by atoms with Crippen molar-refractivity contribution in [3.8, 4) is 0 Å². The molecule has 0 heterocycles. The van der Waals surface area contributed by atoms with Crippen LogP contribution in [0.4, 0.5) is 0 Å². The van der Waals surface area contributed by atoms with Crippen LogP contribution in [0.5, 0.6) is 0 Å². The minimum atomic E-state index is -1.15. The number of carboxylic acids is 1. The van der Waals surface area contributed by atoms with Crippen LogP contribution in [0, 0.1) is 5.92 Å². The molecular formula is C19H37N5O5S2. The van der Waals surface area contributed by atoms with E-state index < -0.39 is 47.9 Å². The Morgan fingerprint density at radius 3 is 2.00 bits per heavy atom. The largest absolute Gasteiger partial charge is 0.480 e. The highest BCUT2D eigenvalue weighted by molar-refractivity contribution is 7.98. The third kappa shape index (κ3) is 11.6. The summed E-state index contributed by atoms with van der Waals surface area (Å²) in [4.78, 5) is 49.2. The Labute approximate surface area is 193 Å². The molecule has 0 aliphatic heterocycles. The van der Waals surface area contributed by atoms with Crippen molar-refractivity contribution in [3.05, 3.63) is 0 Å². The van der Waals surface area contributed by atoms with Gasteiger partial charge in [0.05, 0.1) is 6.04 Å². The number of carbonyl (C=O) groups is 4. The number of carbonyl (C=O) groups excluding carboxylic acids is 3. The van der Waals surface area contributed by atoms with Crippen LogP contribution in [0.3, 0.4) is 0 Å². The summed E-state index contributed by atoms with van der Waals surface area (Å²) < 4.78 is 0. The molecule has 180 valence electrons. The lowest BCUT2D eigenvalue weighted by Gasteiger charge is -2.26. The second-order valence-electron chi connectivity index (χ2n) is 7.55. The number of hydrogen-bond donors (Lipinski definition) is 7.